The van der Waals surface area contributed by atoms with Crippen LogP contribution in [0.15, 0.2) is 30.3 Å². The van der Waals surface area contributed by atoms with Crippen molar-refractivity contribution in [1.82, 2.24) is 10.6 Å². The zero-order chi connectivity index (χ0) is 15.8. The summed E-state index contributed by atoms with van der Waals surface area (Å²) < 4.78 is 0. The van der Waals surface area contributed by atoms with Gasteiger partial charge in [-0.2, -0.15) is 0 Å². The first kappa shape index (κ1) is 16.8. The number of rotatable bonds is 7. The van der Waals surface area contributed by atoms with Gasteiger partial charge in [-0.25, -0.2) is 0 Å². The Bertz CT molecular complexity index is 502. The Morgan fingerprint density at radius 1 is 1.14 bits per heavy atom. The van der Waals surface area contributed by atoms with E-state index in [1.54, 1.807) is 6.92 Å². The Morgan fingerprint density at radius 2 is 1.76 bits per heavy atom. The van der Waals surface area contributed by atoms with E-state index < -0.39 is 18.0 Å². The highest BCUT2D eigenvalue weighted by atomic mass is 16.2. The van der Waals surface area contributed by atoms with Crippen LogP contribution in [0.3, 0.4) is 0 Å². The number of carbonyl (C=O) groups excluding carboxylic acids is 3. The summed E-state index contributed by atoms with van der Waals surface area (Å²) in [5.41, 5.74) is 6.32. The number of hydrogen-bond acceptors (Lipinski definition) is 4. The van der Waals surface area contributed by atoms with Gasteiger partial charge in [-0.1, -0.05) is 30.3 Å². The summed E-state index contributed by atoms with van der Waals surface area (Å²) in [6.45, 7) is 2.74. The van der Waals surface area contributed by atoms with Crippen LogP contribution in [0.4, 0.5) is 0 Å². The maximum Gasteiger partial charge on any atom is 0.242 e. The number of nitrogens with one attached hydrogen (secondary N) is 2. The highest BCUT2D eigenvalue weighted by Crippen LogP contribution is 2.04. The Morgan fingerprint density at radius 3 is 2.29 bits per heavy atom. The summed E-state index contributed by atoms with van der Waals surface area (Å²) in [5.74, 6) is -0.961. The Hall–Kier alpha value is -2.21. The van der Waals surface area contributed by atoms with E-state index in [4.69, 9.17) is 5.73 Å². The fraction of sp³-hybridized carbons (Fsp3) is 0.400. The molecule has 6 nitrogen and oxygen atoms in total. The van der Waals surface area contributed by atoms with Gasteiger partial charge in [0.25, 0.3) is 0 Å². The highest BCUT2D eigenvalue weighted by molar-refractivity contribution is 5.93. The lowest BCUT2D eigenvalue weighted by molar-refractivity contribution is -0.130. The third-order valence-corrected chi connectivity index (χ3v) is 3.00. The van der Waals surface area contributed by atoms with E-state index in [-0.39, 0.29) is 18.2 Å². The van der Waals surface area contributed by atoms with Crippen LogP contribution in [0.5, 0.6) is 0 Å². The predicted molar refractivity (Wildman–Crippen MR) is 79.4 cm³/mol. The van der Waals surface area contributed by atoms with Crippen LogP contribution in [0.1, 0.15) is 19.4 Å². The minimum Gasteiger partial charge on any atom is -0.345 e. The molecule has 21 heavy (non-hydrogen) atoms. The molecule has 1 aromatic rings. The van der Waals surface area contributed by atoms with Crippen LogP contribution in [-0.2, 0) is 20.8 Å². The van der Waals surface area contributed by atoms with Crippen LogP contribution in [0.25, 0.3) is 0 Å². The Balaban J connectivity index is 2.72. The van der Waals surface area contributed by atoms with Crippen molar-refractivity contribution >= 4 is 17.6 Å². The van der Waals surface area contributed by atoms with Crippen molar-refractivity contribution in [3.63, 3.8) is 0 Å². The van der Waals surface area contributed by atoms with Gasteiger partial charge in [0.15, 0.2) is 5.78 Å². The Kier molecular flexibility index (Phi) is 6.55. The number of hydrogen-bond donors (Lipinski definition) is 3. The van der Waals surface area contributed by atoms with Gasteiger partial charge in [-0.15, -0.1) is 0 Å². The average molecular weight is 291 g/mol. The second-order valence-electron chi connectivity index (χ2n) is 4.84. The van der Waals surface area contributed by atoms with Crippen LogP contribution in [0.2, 0.25) is 0 Å². The first-order valence-electron chi connectivity index (χ1n) is 6.78. The maximum atomic E-state index is 12.0. The van der Waals surface area contributed by atoms with Crippen molar-refractivity contribution < 1.29 is 14.4 Å². The van der Waals surface area contributed by atoms with Crippen molar-refractivity contribution in [1.29, 1.82) is 0 Å². The standard InChI is InChI=1S/C15H21N3O3/c1-10(17-11(2)19)15(21)18-13(14(20)9-16)8-12-6-4-3-5-7-12/h3-7,10,13H,8-9,16H2,1-2H3,(H,17,19)(H,18,21)/t10-,13-/m1/s1. The minimum atomic E-state index is -0.702. The molecule has 4 N–H and O–H groups in total. The molecule has 2 amide bonds. The molecule has 1 rings (SSSR count). The molecule has 0 aliphatic heterocycles. The van der Waals surface area contributed by atoms with Gasteiger partial charge in [0, 0.05) is 6.92 Å². The van der Waals surface area contributed by atoms with Gasteiger partial charge in [-0.3, -0.25) is 14.4 Å². The molecular formula is C15H21N3O3. The minimum absolute atomic E-state index is 0.147. The molecule has 0 heterocycles. The number of carbonyl (C=O) groups is 3. The third kappa shape index (κ3) is 5.74. The molecule has 2 atom stereocenters. The van der Waals surface area contributed by atoms with Gasteiger partial charge in [-0.05, 0) is 18.9 Å². The number of nitrogens with two attached hydrogens (primary N) is 1. The number of amides is 2. The average Bonchev–Trinajstić information content (AvgIpc) is 2.46. The molecule has 0 unspecified atom stereocenters. The van der Waals surface area contributed by atoms with Crippen LogP contribution >= 0.6 is 0 Å². The molecule has 0 bridgehead atoms. The number of ketones is 1. The molecule has 0 aliphatic rings. The van der Waals surface area contributed by atoms with Crippen LogP contribution < -0.4 is 16.4 Å². The van der Waals surface area contributed by atoms with Crippen molar-refractivity contribution in [3.8, 4) is 0 Å². The van der Waals surface area contributed by atoms with Crippen molar-refractivity contribution in [3.05, 3.63) is 35.9 Å². The van der Waals surface area contributed by atoms with E-state index in [0.717, 1.165) is 5.56 Å². The molecule has 0 aliphatic carbocycles. The molecule has 1 aromatic carbocycles. The smallest absolute Gasteiger partial charge is 0.242 e. The molecule has 114 valence electrons. The van der Waals surface area contributed by atoms with E-state index in [9.17, 15) is 14.4 Å². The molecule has 0 aromatic heterocycles. The van der Waals surface area contributed by atoms with E-state index in [1.165, 1.54) is 6.92 Å². The lowest BCUT2D eigenvalue weighted by atomic mass is 10.0. The highest BCUT2D eigenvalue weighted by Gasteiger charge is 2.23. The number of Topliss-reactive ketones (excluding diaryl/α,β-unsaturated/α-hetero) is 1. The quantitative estimate of drug-likeness (QED) is 0.645. The van der Waals surface area contributed by atoms with Gasteiger partial charge in [0.1, 0.15) is 6.04 Å². The van der Waals surface area contributed by atoms with Gasteiger partial charge < -0.3 is 16.4 Å². The molecule has 6 heteroatoms. The lowest BCUT2D eigenvalue weighted by Gasteiger charge is -2.20. The Labute approximate surface area is 124 Å². The second-order valence-corrected chi connectivity index (χ2v) is 4.84. The summed E-state index contributed by atoms with van der Waals surface area (Å²) in [7, 11) is 0. The zero-order valence-corrected chi connectivity index (χ0v) is 12.3. The summed E-state index contributed by atoms with van der Waals surface area (Å²) in [6.07, 6.45) is 0.370. The molecule has 0 saturated carbocycles. The van der Waals surface area contributed by atoms with Gasteiger partial charge in [0.2, 0.25) is 11.8 Å². The van der Waals surface area contributed by atoms with Crippen molar-refractivity contribution in [2.45, 2.75) is 32.4 Å². The van der Waals surface area contributed by atoms with Crippen molar-refractivity contribution in [2.75, 3.05) is 6.54 Å². The summed E-state index contributed by atoms with van der Waals surface area (Å²) in [5, 5.41) is 5.11. The first-order valence-corrected chi connectivity index (χ1v) is 6.78. The number of benzene rings is 1. The molecule has 0 fully saturated rings. The SMILES string of the molecule is CC(=O)N[C@H](C)C(=O)N[C@H](Cc1ccccc1)C(=O)CN. The molecule has 0 spiro atoms. The van der Waals surface area contributed by atoms with Gasteiger partial charge in [0.05, 0.1) is 12.6 Å². The van der Waals surface area contributed by atoms with Gasteiger partial charge >= 0.3 is 0 Å². The monoisotopic (exact) mass is 291 g/mol. The van der Waals surface area contributed by atoms with Crippen LogP contribution in [0, 0.1) is 0 Å². The maximum absolute atomic E-state index is 12.0. The summed E-state index contributed by atoms with van der Waals surface area (Å²) in [4.78, 5) is 34.8. The lowest BCUT2D eigenvalue weighted by Crippen LogP contribution is -2.51. The van der Waals surface area contributed by atoms with E-state index in [1.807, 2.05) is 30.3 Å². The largest absolute Gasteiger partial charge is 0.345 e. The predicted octanol–water partition coefficient (Wildman–Crippen LogP) is -0.234. The second kappa shape index (κ2) is 8.16. The normalized spacial score (nSPS) is 13.1. The van der Waals surface area contributed by atoms with Crippen molar-refractivity contribution in [2.24, 2.45) is 5.73 Å². The van der Waals surface area contributed by atoms with E-state index in [2.05, 4.69) is 10.6 Å². The summed E-state index contributed by atoms with van der Waals surface area (Å²) in [6, 6.07) is 7.95. The fourth-order valence-electron chi connectivity index (χ4n) is 1.90. The molecule has 0 radical (unpaired) electrons. The molecular weight excluding hydrogens is 270 g/mol. The van der Waals surface area contributed by atoms with E-state index in [0.29, 0.717) is 6.42 Å². The molecule has 0 saturated heterocycles. The third-order valence-electron chi connectivity index (χ3n) is 3.00. The first-order chi connectivity index (χ1) is 9.93. The van der Waals surface area contributed by atoms with Crippen LogP contribution in [-0.4, -0.2) is 36.2 Å². The summed E-state index contributed by atoms with van der Waals surface area (Å²) >= 11 is 0. The fourth-order valence-corrected chi connectivity index (χ4v) is 1.90. The van der Waals surface area contributed by atoms with E-state index >= 15 is 0 Å². The topological polar surface area (TPSA) is 101 Å². The zero-order valence-electron chi connectivity index (χ0n) is 12.3.